The minimum atomic E-state index is 0. The molecule has 0 bridgehead atoms. The Labute approximate surface area is 52.6 Å². The Morgan fingerprint density at radius 1 is 1.12 bits per heavy atom. The maximum Gasteiger partial charge on any atom is 0.0296 e. The largest absolute Gasteiger partial charge is 0.313 e. The molecule has 0 aliphatic heterocycles. The van der Waals surface area contributed by atoms with Crippen molar-refractivity contribution in [2.24, 2.45) is 0 Å². The molecule has 0 spiro atoms. The fraction of sp³-hybridized carbons (Fsp3) is 1.00. The van der Waals surface area contributed by atoms with E-state index in [2.05, 4.69) is 0 Å². The van der Waals surface area contributed by atoms with Crippen LogP contribution in [0.3, 0.4) is 0 Å². The summed E-state index contributed by atoms with van der Waals surface area (Å²) in [6, 6.07) is 0.463. The van der Waals surface area contributed by atoms with Crippen LogP contribution in [0.15, 0.2) is 0 Å². The third-order valence-electron chi connectivity index (χ3n) is 1.06. The molecular formula is C6H17NO. The minimum absolute atomic E-state index is 0. The van der Waals surface area contributed by atoms with Gasteiger partial charge in [0.1, 0.15) is 0 Å². The molecule has 1 N–H and O–H groups in total. The molecule has 0 rings (SSSR count). The molecule has 0 heterocycles. The van der Waals surface area contributed by atoms with Crippen LogP contribution >= 0.6 is 0 Å². The van der Waals surface area contributed by atoms with Gasteiger partial charge in [-0.2, -0.15) is 5.06 Å². The molecule has 52 valence electrons. The van der Waals surface area contributed by atoms with Gasteiger partial charge in [0.2, 0.25) is 0 Å². The van der Waals surface area contributed by atoms with Crippen LogP contribution in [0.1, 0.15) is 29.1 Å². The summed E-state index contributed by atoms with van der Waals surface area (Å²) in [4.78, 5) is 0. The molecule has 0 saturated heterocycles. The van der Waals surface area contributed by atoms with Crippen LogP contribution in [0.4, 0.5) is 0 Å². The molecule has 0 atom stereocenters. The van der Waals surface area contributed by atoms with Crippen LogP contribution in [-0.4, -0.2) is 22.4 Å². The molecule has 0 unspecified atom stereocenters. The molecule has 0 aromatic heterocycles. The molecular weight excluding hydrogens is 102 g/mol. The van der Waals surface area contributed by atoms with E-state index in [-0.39, 0.29) is 13.5 Å². The first-order chi connectivity index (χ1) is 3.55. The number of hydrogen-bond acceptors (Lipinski definition) is 2. The van der Waals surface area contributed by atoms with Gasteiger partial charge in [0.15, 0.2) is 0 Å². The van der Waals surface area contributed by atoms with Crippen molar-refractivity contribution in [2.75, 3.05) is 0 Å². The zero-order chi connectivity index (χ0) is 6.73. The number of nitrogens with zero attached hydrogens (tertiary/aromatic N) is 1. The summed E-state index contributed by atoms with van der Waals surface area (Å²) in [6.45, 7) is 7.83. The van der Waals surface area contributed by atoms with Crippen LogP contribution in [0.25, 0.3) is 0 Å². The fourth-order valence-corrected chi connectivity index (χ4v) is 0.596. The van der Waals surface area contributed by atoms with Crippen LogP contribution in [0.5, 0.6) is 0 Å². The summed E-state index contributed by atoms with van der Waals surface area (Å²) in [6.07, 6.45) is 0. The van der Waals surface area contributed by atoms with E-state index in [0.29, 0.717) is 0 Å². The number of hydroxylamine groups is 2. The summed E-state index contributed by atoms with van der Waals surface area (Å²) in [7, 11) is 0. The molecule has 2 nitrogen and oxygen atoms in total. The number of hydrogen-bond donors (Lipinski definition) is 1. The Bertz CT molecular complexity index is 58.1. The molecule has 0 aromatic carbocycles. The number of rotatable bonds is 2. The van der Waals surface area contributed by atoms with Gasteiger partial charge in [0.25, 0.3) is 0 Å². The second kappa shape index (κ2) is 3.05. The van der Waals surface area contributed by atoms with Gasteiger partial charge in [-0.15, -0.1) is 0 Å². The molecule has 8 heavy (non-hydrogen) atoms. The molecule has 0 radical (unpaired) electrons. The van der Waals surface area contributed by atoms with E-state index in [1.54, 1.807) is 0 Å². The SMILES string of the molecule is CC(C)N(O)C(C)C.[3HH]. The molecule has 0 saturated carbocycles. The maximum absolute atomic E-state index is 9.04. The highest BCUT2D eigenvalue weighted by molar-refractivity contribution is 4.54. The monoisotopic (exact) mass is 121 g/mol. The van der Waals surface area contributed by atoms with Crippen molar-refractivity contribution in [1.29, 1.82) is 0 Å². The lowest BCUT2D eigenvalue weighted by atomic mass is 10.3. The molecule has 0 aliphatic rings. The zero-order valence-corrected chi connectivity index (χ0v) is 6.05. The Morgan fingerprint density at radius 2 is 1.38 bits per heavy atom. The lowest BCUT2D eigenvalue weighted by Gasteiger charge is -2.22. The lowest BCUT2D eigenvalue weighted by Crippen LogP contribution is -2.33. The summed E-state index contributed by atoms with van der Waals surface area (Å²) in [5, 5.41) is 10.4. The van der Waals surface area contributed by atoms with Crippen molar-refractivity contribution in [2.45, 2.75) is 39.8 Å². The normalized spacial score (nSPS) is 12.0. The second-order valence-electron chi connectivity index (χ2n) is 2.57. The van der Waals surface area contributed by atoms with Crippen molar-refractivity contribution in [3.05, 3.63) is 0 Å². The second-order valence-corrected chi connectivity index (χ2v) is 2.57. The van der Waals surface area contributed by atoms with E-state index in [4.69, 9.17) is 5.21 Å². The van der Waals surface area contributed by atoms with Gasteiger partial charge in [-0.25, -0.2) is 0 Å². The molecule has 0 aliphatic carbocycles. The highest BCUT2D eigenvalue weighted by atomic mass is 16.5. The van der Waals surface area contributed by atoms with Gasteiger partial charge in [-0.05, 0) is 27.7 Å². The first-order valence-corrected chi connectivity index (χ1v) is 3.03. The lowest BCUT2D eigenvalue weighted by molar-refractivity contribution is -0.141. The Balaban J connectivity index is 0. The van der Waals surface area contributed by atoms with Gasteiger partial charge in [-0.1, -0.05) is 0 Å². The highest BCUT2D eigenvalue weighted by Gasteiger charge is 2.07. The van der Waals surface area contributed by atoms with Gasteiger partial charge in [0.05, 0.1) is 0 Å². The molecule has 0 aromatic rings. The zero-order valence-electron chi connectivity index (χ0n) is 6.05. The third-order valence-corrected chi connectivity index (χ3v) is 1.06. The van der Waals surface area contributed by atoms with Crippen molar-refractivity contribution in [3.63, 3.8) is 0 Å². The first kappa shape index (κ1) is 7.92. The van der Waals surface area contributed by atoms with E-state index >= 15 is 0 Å². The predicted octanol–water partition coefficient (Wildman–Crippen LogP) is 1.74. The topological polar surface area (TPSA) is 23.5 Å². The highest BCUT2D eigenvalue weighted by Crippen LogP contribution is 1.98. The molecule has 0 amide bonds. The minimum Gasteiger partial charge on any atom is -0.313 e. The van der Waals surface area contributed by atoms with Gasteiger partial charge in [0, 0.05) is 13.5 Å². The molecule has 2 heteroatoms. The Hall–Kier alpha value is -0.0800. The van der Waals surface area contributed by atoms with Gasteiger partial charge in [-0.3, -0.25) is 0 Å². The van der Waals surface area contributed by atoms with E-state index in [1.165, 1.54) is 5.06 Å². The first-order valence-electron chi connectivity index (χ1n) is 3.03. The van der Waals surface area contributed by atoms with Crippen molar-refractivity contribution in [3.8, 4) is 0 Å². The average molecular weight is 121 g/mol. The maximum atomic E-state index is 9.04. The van der Waals surface area contributed by atoms with Gasteiger partial charge >= 0.3 is 0 Å². The smallest absolute Gasteiger partial charge is 0.0296 e. The molecule has 0 fully saturated rings. The standard InChI is InChI=1S/C6H15NO.H2/c1-5(2)7(8)6(3)4;/h5-6,8H,1-4H3;1H/i;1+2. The third kappa shape index (κ3) is 2.28. The van der Waals surface area contributed by atoms with E-state index in [0.717, 1.165) is 0 Å². The Morgan fingerprint density at radius 3 is 1.38 bits per heavy atom. The van der Waals surface area contributed by atoms with Crippen molar-refractivity contribution >= 4 is 0 Å². The quantitative estimate of drug-likeness (QED) is 0.562. The summed E-state index contributed by atoms with van der Waals surface area (Å²) < 4.78 is 0. The van der Waals surface area contributed by atoms with Crippen LogP contribution < -0.4 is 0 Å². The van der Waals surface area contributed by atoms with Crippen molar-refractivity contribution < 1.29 is 6.63 Å². The van der Waals surface area contributed by atoms with E-state index < -0.39 is 0 Å². The Kier molecular flexibility index (Phi) is 3.02. The fourth-order valence-electron chi connectivity index (χ4n) is 0.596. The summed E-state index contributed by atoms with van der Waals surface area (Å²) >= 11 is 0. The predicted molar refractivity (Wildman–Crippen MR) is 36.0 cm³/mol. The average Bonchev–Trinajstić information content (AvgIpc) is 1.64. The van der Waals surface area contributed by atoms with Gasteiger partial charge < -0.3 is 5.21 Å². The van der Waals surface area contributed by atoms with Crippen LogP contribution in [0.2, 0.25) is 0 Å². The van der Waals surface area contributed by atoms with Crippen LogP contribution in [-0.2, 0) is 0 Å². The van der Waals surface area contributed by atoms with E-state index in [1.807, 2.05) is 27.7 Å². The van der Waals surface area contributed by atoms with Crippen molar-refractivity contribution in [1.82, 2.24) is 5.06 Å². The summed E-state index contributed by atoms with van der Waals surface area (Å²) in [5.74, 6) is 0. The van der Waals surface area contributed by atoms with Crippen LogP contribution in [0, 0.1) is 0 Å². The summed E-state index contributed by atoms with van der Waals surface area (Å²) in [5.41, 5.74) is 0. The van der Waals surface area contributed by atoms with E-state index in [9.17, 15) is 0 Å².